The van der Waals surface area contributed by atoms with E-state index in [9.17, 15) is 13.2 Å². The van der Waals surface area contributed by atoms with Crippen molar-refractivity contribution in [1.82, 2.24) is 4.90 Å². The molecule has 5 nitrogen and oxygen atoms in total. The summed E-state index contributed by atoms with van der Waals surface area (Å²) in [6, 6.07) is 19.4. The molecule has 0 atom stereocenters. The third-order valence-electron chi connectivity index (χ3n) is 5.14. The van der Waals surface area contributed by atoms with Crippen molar-refractivity contribution in [3.63, 3.8) is 0 Å². The molecule has 3 aromatic carbocycles. The quantitative estimate of drug-likeness (QED) is 0.481. The van der Waals surface area contributed by atoms with Gasteiger partial charge in [0.15, 0.2) is 0 Å². The van der Waals surface area contributed by atoms with E-state index in [1.165, 1.54) is 9.21 Å². The summed E-state index contributed by atoms with van der Waals surface area (Å²) < 4.78 is 28.3. The average molecular weight is 471 g/mol. The van der Waals surface area contributed by atoms with Crippen LogP contribution in [0.5, 0.6) is 0 Å². The molecule has 0 bridgehead atoms. The summed E-state index contributed by atoms with van der Waals surface area (Å²) in [6.07, 6.45) is 0. The Kier molecular flexibility index (Phi) is 7.26. The summed E-state index contributed by atoms with van der Waals surface area (Å²) in [6.45, 7) is 5.75. The first-order chi connectivity index (χ1) is 15.1. The predicted molar refractivity (Wildman–Crippen MR) is 130 cm³/mol. The molecule has 0 aliphatic rings. The Morgan fingerprint density at radius 1 is 0.844 bits per heavy atom. The first kappa shape index (κ1) is 23.8. The van der Waals surface area contributed by atoms with Crippen LogP contribution in [0.2, 0.25) is 5.02 Å². The van der Waals surface area contributed by atoms with Crippen LogP contribution < -0.4 is 4.31 Å². The minimum atomic E-state index is -3.94. The molecule has 3 rings (SSSR count). The molecule has 1 amide bonds. The minimum absolute atomic E-state index is 0.149. The van der Waals surface area contributed by atoms with Gasteiger partial charge in [0.2, 0.25) is 5.91 Å². The van der Waals surface area contributed by atoms with Crippen molar-refractivity contribution in [2.75, 3.05) is 17.9 Å². The van der Waals surface area contributed by atoms with Crippen LogP contribution in [0.25, 0.3) is 0 Å². The lowest BCUT2D eigenvalue weighted by Gasteiger charge is -2.27. The molecule has 0 saturated carbocycles. The van der Waals surface area contributed by atoms with Gasteiger partial charge in [0.25, 0.3) is 10.0 Å². The molecule has 3 aromatic rings. The largest absolute Gasteiger partial charge is 0.340 e. The van der Waals surface area contributed by atoms with Crippen LogP contribution >= 0.6 is 11.6 Å². The highest BCUT2D eigenvalue weighted by atomic mass is 35.5. The molecular formula is C25H27ClN2O3S. The maximum Gasteiger partial charge on any atom is 0.264 e. The lowest BCUT2D eigenvalue weighted by atomic mass is 10.1. The van der Waals surface area contributed by atoms with Gasteiger partial charge in [0, 0.05) is 18.6 Å². The Hall–Kier alpha value is -2.83. The minimum Gasteiger partial charge on any atom is -0.340 e. The molecule has 0 spiro atoms. The maximum absolute atomic E-state index is 13.6. The van der Waals surface area contributed by atoms with E-state index in [0.29, 0.717) is 17.3 Å². The van der Waals surface area contributed by atoms with Gasteiger partial charge in [-0.3, -0.25) is 9.10 Å². The van der Waals surface area contributed by atoms with Crippen LogP contribution in [0, 0.1) is 20.8 Å². The highest BCUT2D eigenvalue weighted by molar-refractivity contribution is 7.92. The van der Waals surface area contributed by atoms with Crippen molar-refractivity contribution < 1.29 is 13.2 Å². The predicted octanol–water partition coefficient (Wildman–Crippen LogP) is 5.12. The fourth-order valence-corrected chi connectivity index (χ4v) is 4.97. The van der Waals surface area contributed by atoms with E-state index in [0.717, 1.165) is 22.3 Å². The molecule has 0 radical (unpaired) electrons. The zero-order valence-corrected chi connectivity index (χ0v) is 20.2. The Morgan fingerprint density at radius 3 is 1.97 bits per heavy atom. The Bertz CT molecular complexity index is 1190. The number of carbonyl (C=O) groups is 1. The van der Waals surface area contributed by atoms with E-state index in [1.807, 2.05) is 39.0 Å². The molecule has 0 fully saturated rings. The Morgan fingerprint density at radius 2 is 1.41 bits per heavy atom. The van der Waals surface area contributed by atoms with Crippen LogP contribution in [0.4, 0.5) is 5.69 Å². The van der Waals surface area contributed by atoms with Gasteiger partial charge in [0.05, 0.1) is 10.6 Å². The van der Waals surface area contributed by atoms with Gasteiger partial charge < -0.3 is 4.90 Å². The first-order valence-corrected chi connectivity index (χ1v) is 12.0. The monoisotopic (exact) mass is 470 g/mol. The van der Waals surface area contributed by atoms with Crippen molar-refractivity contribution in [2.24, 2.45) is 0 Å². The van der Waals surface area contributed by atoms with E-state index in [1.54, 1.807) is 55.6 Å². The van der Waals surface area contributed by atoms with Gasteiger partial charge in [-0.25, -0.2) is 8.42 Å². The van der Waals surface area contributed by atoms with Crippen molar-refractivity contribution in [2.45, 2.75) is 32.2 Å². The number of likely N-dealkylation sites (N-methyl/N-ethyl adjacent to an activating group) is 1. The van der Waals surface area contributed by atoms with Crippen molar-refractivity contribution in [3.05, 3.63) is 94.0 Å². The number of benzene rings is 3. The molecule has 32 heavy (non-hydrogen) atoms. The fraction of sp³-hybridized carbons (Fsp3) is 0.240. The van der Waals surface area contributed by atoms with Gasteiger partial charge in [-0.2, -0.15) is 0 Å². The van der Waals surface area contributed by atoms with E-state index in [-0.39, 0.29) is 17.3 Å². The number of halogens is 1. The molecule has 0 unspecified atom stereocenters. The zero-order chi connectivity index (χ0) is 23.5. The highest BCUT2D eigenvalue weighted by Gasteiger charge is 2.28. The summed E-state index contributed by atoms with van der Waals surface area (Å²) in [5.41, 5.74) is 4.18. The summed E-state index contributed by atoms with van der Waals surface area (Å²) in [5.74, 6) is -0.310. The molecule has 0 saturated heterocycles. The van der Waals surface area contributed by atoms with Gasteiger partial charge in [0.1, 0.15) is 6.54 Å². The first-order valence-electron chi connectivity index (χ1n) is 10.2. The lowest BCUT2D eigenvalue weighted by molar-refractivity contribution is -0.128. The number of rotatable bonds is 7. The van der Waals surface area contributed by atoms with Gasteiger partial charge in [-0.05, 0) is 73.9 Å². The molecule has 7 heteroatoms. The van der Waals surface area contributed by atoms with Gasteiger partial charge >= 0.3 is 0 Å². The van der Waals surface area contributed by atoms with E-state index in [2.05, 4.69) is 0 Å². The van der Waals surface area contributed by atoms with Gasteiger partial charge in [-0.1, -0.05) is 47.5 Å². The fourth-order valence-electron chi connectivity index (χ4n) is 3.44. The molecule has 0 aliphatic heterocycles. The number of hydrogen-bond acceptors (Lipinski definition) is 3. The summed E-state index contributed by atoms with van der Waals surface area (Å²) in [7, 11) is -2.28. The van der Waals surface area contributed by atoms with Crippen molar-refractivity contribution >= 4 is 33.2 Å². The van der Waals surface area contributed by atoms with Gasteiger partial charge in [-0.15, -0.1) is 0 Å². The number of aryl methyl sites for hydroxylation is 3. The van der Waals surface area contributed by atoms with Crippen LogP contribution in [0.1, 0.15) is 22.3 Å². The molecule has 168 valence electrons. The average Bonchev–Trinajstić information content (AvgIpc) is 2.72. The molecule has 0 aromatic heterocycles. The second-order valence-electron chi connectivity index (χ2n) is 8.05. The van der Waals surface area contributed by atoms with Crippen molar-refractivity contribution in [1.29, 1.82) is 0 Å². The maximum atomic E-state index is 13.6. The second kappa shape index (κ2) is 9.76. The SMILES string of the molecule is Cc1ccc(S(=O)(=O)N(CC(=O)N(C)Cc2ccc(Cl)cc2)c2cc(C)cc(C)c2)cc1. The van der Waals surface area contributed by atoms with Crippen LogP contribution in [-0.4, -0.2) is 32.8 Å². The normalized spacial score (nSPS) is 11.3. The van der Waals surface area contributed by atoms with Crippen LogP contribution in [0.15, 0.2) is 71.6 Å². The summed E-state index contributed by atoms with van der Waals surface area (Å²) in [4.78, 5) is 14.8. The highest BCUT2D eigenvalue weighted by Crippen LogP contribution is 2.26. The molecular weight excluding hydrogens is 444 g/mol. The van der Waals surface area contributed by atoms with Crippen LogP contribution in [0.3, 0.4) is 0 Å². The number of sulfonamides is 1. The second-order valence-corrected chi connectivity index (χ2v) is 10.3. The zero-order valence-electron chi connectivity index (χ0n) is 18.7. The van der Waals surface area contributed by atoms with Crippen LogP contribution in [-0.2, 0) is 21.4 Å². The smallest absolute Gasteiger partial charge is 0.264 e. The third-order valence-corrected chi connectivity index (χ3v) is 7.18. The molecule has 0 heterocycles. The number of hydrogen-bond donors (Lipinski definition) is 0. The molecule has 0 aliphatic carbocycles. The molecule has 0 N–H and O–H groups in total. The Balaban J connectivity index is 1.94. The topological polar surface area (TPSA) is 57.7 Å². The number of carbonyl (C=O) groups excluding carboxylic acids is 1. The third kappa shape index (κ3) is 5.69. The van der Waals surface area contributed by atoms with E-state index >= 15 is 0 Å². The number of anilines is 1. The van der Waals surface area contributed by atoms with Crippen molar-refractivity contribution in [3.8, 4) is 0 Å². The summed E-state index contributed by atoms with van der Waals surface area (Å²) >= 11 is 5.94. The number of nitrogens with zero attached hydrogens (tertiary/aromatic N) is 2. The summed E-state index contributed by atoms with van der Waals surface area (Å²) in [5, 5.41) is 0.618. The number of amides is 1. The van der Waals surface area contributed by atoms with E-state index < -0.39 is 10.0 Å². The lowest BCUT2D eigenvalue weighted by Crippen LogP contribution is -2.41. The standard InChI is InChI=1S/C25H27ClN2O3S/c1-18-5-11-24(12-6-18)32(30,31)28(23-14-19(2)13-20(3)15-23)17-25(29)27(4)16-21-7-9-22(26)10-8-21/h5-15H,16-17H2,1-4H3. The Labute approximate surface area is 195 Å². The van der Waals surface area contributed by atoms with E-state index in [4.69, 9.17) is 11.6 Å².